The van der Waals surface area contributed by atoms with Crippen LogP contribution in [0.4, 0.5) is 0 Å². The number of ether oxygens (including phenoxy) is 4. The summed E-state index contributed by atoms with van der Waals surface area (Å²) in [5, 5.41) is 3.45. The maximum Gasteiger partial charge on any atom is 0.146 e. The molecule has 0 aliphatic carbocycles. The Morgan fingerprint density at radius 1 is 0.522 bits per heavy atom. The number of rotatable bonds is 20. The van der Waals surface area contributed by atoms with Crippen molar-refractivity contribution in [3.05, 3.63) is 0 Å². The van der Waals surface area contributed by atoms with Crippen LogP contribution in [0.3, 0.4) is 0 Å². The van der Waals surface area contributed by atoms with Crippen LogP contribution in [0.1, 0.15) is 65.2 Å². The summed E-state index contributed by atoms with van der Waals surface area (Å²) in [6.07, 6.45) is 9.04. The highest BCUT2D eigenvalue weighted by Gasteiger charge is 1.93. The Bertz CT molecular complexity index is 185. The lowest BCUT2D eigenvalue weighted by atomic mass is 10.3. The van der Waals surface area contributed by atoms with Crippen molar-refractivity contribution >= 4 is 0 Å². The standard InChI is InChI=1S/C18H39NO4/c1-3-5-13-20-17-22-15-9-7-11-19-12-8-10-16-23-18-21-14-6-4-2/h19H,3-18H2,1-2H3. The van der Waals surface area contributed by atoms with Gasteiger partial charge in [0.1, 0.15) is 13.6 Å². The van der Waals surface area contributed by atoms with E-state index in [1.54, 1.807) is 0 Å². The van der Waals surface area contributed by atoms with Crippen molar-refractivity contribution in [3.8, 4) is 0 Å². The first-order chi connectivity index (χ1) is 11.4. The van der Waals surface area contributed by atoms with E-state index in [1.807, 2.05) is 0 Å². The van der Waals surface area contributed by atoms with E-state index in [0.29, 0.717) is 13.6 Å². The monoisotopic (exact) mass is 333 g/mol. The smallest absolute Gasteiger partial charge is 0.146 e. The molecule has 0 unspecified atom stereocenters. The average molecular weight is 334 g/mol. The summed E-state index contributed by atoms with van der Waals surface area (Å²) in [6, 6.07) is 0. The first-order valence-corrected chi connectivity index (χ1v) is 9.43. The third-order valence-electron chi connectivity index (χ3n) is 3.40. The molecule has 5 heteroatoms. The summed E-state index contributed by atoms with van der Waals surface area (Å²) in [7, 11) is 0. The lowest BCUT2D eigenvalue weighted by Crippen LogP contribution is -2.17. The van der Waals surface area contributed by atoms with Crippen LogP contribution in [0.2, 0.25) is 0 Å². The molecule has 0 heterocycles. The zero-order valence-electron chi connectivity index (χ0n) is 15.4. The zero-order chi connectivity index (χ0) is 16.8. The largest absolute Gasteiger partial charge is 0.355 e. The summed E-state index contributed by atoms with van der Waals surface area (Å²) in [4.78, 5) is 0. The molecule has 0 atom stereocenters. The average Bonchev–Trinajstić information content (AvgIpc) is 2.57. The lowest BCUT2D eigenvalue weighted by molar-refractivity contribution is -0.0552. The van der Waals surface area contributed by atoms with E-state index in [-0.39, 0.29) is 0 Å². The fraction of sp³-hybridized carbons (Fsp3) is 1.00. The molecule has 0 spiro atoms. The van der Waals surface area contributed by atoms with Gasteiger partial charge in [0.15, 0.2) is 0 Å². The van der Waals surface area contributed by atoms with E-state index < -0.39 is 0 Å². The van der Waals surface area contributed by atoms with Crippen molar-refractivity contribution in [1.29, 1.82) is 0 Å². The Hall–Kier alpha value is -0.200. The normalized spacial score (nSPS) is 11.2. The Morgan fingerprint density at radius 2 is 0.913 bits per heavy atom. The lowest BCUT2D eigenvalue weighted by Gasteiger charge is -2.07. The van der Waals surface area contributed by atoms with Gasteiger partial charge in [0.2, 0.25) is 0 Å². The minimum absolute atomic E-state index is 0.440. The SMILES string of the molecule is CCCCOCOCCCCNCCCCOCOCCCC. The fourth-order valence-electron chi connectivity index (χ4n) is 1.88. The van der Waals surface area contributed by atoms with Crippen LogP contribution in [-0.2, 0) is 18.9 Å². The maximum absolute atomic E-state index is 5.41. The van der Waals surface area contributed by atoms with Gasteiger partial charge in [-0.3, -0.25) is 0 Å². The van der Waals surface area contributed by atoms with Gasteiger partial charge >= 0.3 is 0 Å². The van der Waals surface area contributed by atoms with Gasteiger partial charge in [-0.15, -0.1) is 0 Å². The fourth-order valence-corrected chi connectivity index (χ4v) is 1.88. The number of hydrogen-bond donors (Lipinski definition) is 1. The molecule has 0 saturated carbocycles. The molecule has 0 fully saturated rings. The van der Waals surface area contributed by atoms with Gasteiger partial charge in [0, 0.05) is 26.4 Å². The van der Waals surface area contributed by atoms with E-state index in [0.717, 1.165) is 78.0 Å². The van der Waals surface area contributed by atoms with Crippen molar-refractivity contribution in [2.45, 2.75) is 65.2 Å². The summed E-state index contributed by atoms with van der Waals surface area (Å²) in [5.41, 5.74) is 0. The second-order valence-electron chi connectivity index (χ2n) is 5.74. The Kier molecular flexibility index (Phi) is 21.6. The summed E-state index contributed by atoms with van der Waals surface area (Å²) >= 11 is 0. The van der Waals surface area contributed by atoms with Gasteiger partial charge in [-0.25, -0.2) is 0 Å². The van der Waals surface area contributed by atoms with Crippen LogP contribution in [0.25, 0.3) is 0 Å². The first kappa shape index (κ1) is 22.8. The molecule has 0 aromatic carbocycles. The molecule has 0 aliphatic heterocycles. The number of unbranched alkanes of at least 4 members (excludes halogenated alkanes) is 4. The van der Waals surface area contributed by atoms with Crippen LogP contribution in [0.15, 0.2) is 0 Å². The van der Waals surface area contributed by atoms with E-state index in [1.165, 1.54) is 12.8 Å². The minimum atomic E-state index is 0.440. The van der Waals surface area contributed by atoms with E-state index in [2.05, 4.69) is 19.2 Å². The first-order valence-electron chi connectivity index (χ1n) is 9.43. The minimum Gasteiger partial charge on any atom is -0.355 e. The molecule has 0 aromatic rings. The van der Waals surface area contributed by atoms with Gasteiger partial charge in [-0.2, -0.15) is 0 Å². The molecule has 0 amide bonds. The summed E-state index contributed by atoms with van der Waals surface area (Å²) in [6.45, 7) is 10.5. The third kappa shape index (κ3) is 21.8. The number of hydrogen-bond acceptors (Lipinski definition) is 5. The second kappa shape index (κ2) is 21.8. The molecule has 1 N–H and O–H groups in total. The van der Waals surface area contributed by atoms with E-state index >= 15 is 0 Å². The molecule has 0 aliphatic rings. The molecule has 0 bridgehead atoms. The molecule has 5 nitrogen and oxygen atoms in total. The van der Waals surface area contributed by atoms with Crippen LogP contribution < -0.4 is 5.32 Å². The molecular weight excluding hydrogens is 294 g/mol. The van der Waals surface area contributed by atoms with Crippen LogP contribution in [-0.4, -0.2) is 53.1 Å². The topological polar surface area (TPSA) is 49.0 Å². The zero-order valence-corrected chi connectivity index (χ0v) is 15.4. The Balaban J connectivity index is 2.92. The van der Waals surface area contributed by atoms with Gasteiger partial charge in [0.25, 0.3) is 0 Å². The Morgan fingerprint density at radius 3 is 1.30 bits per heavy atom. The third-order valence-corrected chi connectivity index (χ3v) is 3.40. The number of nitrogens with one attached hydrogen (secondary N) is 1. The van der Waals surface area contributed by atoms with Crippen molar-refractivity contribution in [2.75, 3.05) is 53.1 Å². The molecule has 0 aromatic heterocycles. The van der Waals surface area contributed by atoms with Crippen molar-refractivity contribution in [3.63, 3.8) is 0 Å². The highest BCUT2D eigenvalue weighted by Crippen LogP contribution is 1.94. The second-order valence-corrected chi connectivity index (χ2v) is 5.74. The van der Waals surface area contributed by atoms with Crippen molar-refractivity contribution in [2.24, 2.45) is 0 Å². The van der Waals surface area contributed by atoms with Gasteiger partial charge in [-0.1, -0.05) is 26.7 Å². The molecule has 0 radical (unpaired) electrons. The predicted molar refractivity (Wildman–Crippen MR) is 94.7 cm³/mol. The Labute approximate surface area is 143 Å². The molecule has 140 valence electrons. The van der Waals surface area contributed by atoms with E-state index in [4.69, 9.17) is 18.9 Å². The van der Waals surface area contributed by atoms with Crippen molar-refractivity contribution in [1.82, 2.24) is 5.32 Å². The van der Waals surface area contributed by atoms with Gasteiger partial charge in [0.05, 0.1) is 0 Å². The van der Waals surface area contributed by atoms with Crippen LogP contribution in [0.5, 0.6) is 0 Å². The van der Waals surface area contributed by atoms with Gasteiger partial charge in [-0.05, 0) is 51.6 Å². The highest BCUT2D eigenvalue weighted by molar-refractivity contribution is 4.49. The van der Waals surface area contributed by atoms with Gasteiger partial charge < -0.3 is 24.3 Å². The molecular formula is C18H39NO4. The van der Waals surface area contributed by atoms with E-state index in [9.17, 15) is 0 Å². The maximum atomic E-state index is 5.41. The summed E-state index contributed by atoms with van der Waals surface area (Å²) < 4.78 is 21.5. The van der Waals surface area contributed by atoms with Crippen LogP contribution in [0, 0.1) is 0 Å². The molecule has 23 heavy (non-hydrogen) atoms. The highest BCUT2D eigenvalue weighted by atomic mass is 16.7. The summed E-state index contributed by atoms with van der Waals surface area (Å²) in [5.74, 6) is 0. The predicted octanol–water partition coefficient (Wildman–Crippen LogP) is 3.72. The molecule has 0 saturated heterocycles. The molecule has 0 rings (SSSR count). The van der Waals surface area contributed by atoms with Crippen LogP contribution >= 0.6 is 0 Å². The quantitative estimate of drug-likeness (QED) is 0.272. The van der Waals surface area contributed by atoms with Crippen molar-refractivity contribution < 1.29 is 18.9 Å².